The zero-order chi connectivity index (χ0) is 26.6. The molecular formula is C28H32N8O3. The first-order chi connectivity index (χ1) is 19.2. The lowest BCUT2D eigenvalue weighted by Gasteiger charge is -2.25. The summed E-state index contributed by atoms with van der Waals surface area (Å²) in [5.41, 5.74) is 4.70. The molecule has 4 aromatic heterocycles. The third kappa shape index (κ3) is 5.41. The smallest absolute Gasteiger partial charge is 0.246 e. The third-order valence-corrected chi connectivity index (χ3v) is 7.44. The van der Waals surface area contributed by atoms with Crippen LogP contribution in [0.4, 0.5) is 0 Å². The first-order valence-corrected chi connectivity index (χ1v) is 13.5. The normalized spacial score (nSPS) is 18.5. The first kappa shape index (κ1) is 25.2. The summed E-state index contributed by atoms with van der Waals surface area (Å²) >= 11 is 0. The fourth-order valence-electron chi connectivity index (χ4n) is 5.41. The van der Waals surface area contributed by atoms with Gasteiger partial charge in [-0.05, 0) is 42.7 Å². The molecule has 202 valence electrons. The highest BCUT2D eigenvalue weighted by molar-refractivity contribution is 5.97. The number of hydrogen-bond donors (Lipinski definition) is 2. The van der Waals surface area contributed by atoms with E-state index in [-0.39, 0.29) is 11.8 Å². The fourth-order valence-corrected chi connectivity index (χ4v) is 5.41. The SMILES string of the molecule is O=C(NCCc1cc2c(-c3cnn4ncccc34)ccnc2[nH]1)C1CCCN1C(=O)/C=C/CN1CCOCC1. The van der Waals surface area contributed by atoms with Crippen LogP contribution in [-0.4, -0.2) is 98.4 Å². The van der Waals surface area contributed by atoms with Crippen molar-refractivity contribution >= 4 is 28.4 Å². The van der Waals surface area contributed by atoms with Gasteiger partial charge in [0.15, 0.2) is 0 Å². The van der Waals surface area contributed by atoms with E-state index in [2.05, 4.69) is 36.4 Å². The fraction of sp³-hybridized carbons (Fsp3) is 0.393. The summed E-state index contributed by atoms with van der Waals surface area (Å²) in [6.07, 6.45) is 10.9. The number of fused-ring (bicyclic) bond motifs is 2. The predicted octanol–water partition coefficient (Wildman–Crippen LogP) is 1.81. The molecule has 0 radical (unpaired) electrons. The first-order valence-electron chi connectivity index (χ1n) is 13.5. The Hall–Kier alpha value is -4.09. The quantitative estimate of drug-likeness (QED) is 0.335. The van der Waals surface area contributed by atoms with Gasteiger partial charge in [0.05, 0.1) is 24.9 Å². The predicted molar refractivity (Wildman–Crippen MR) is 146 cm³/mol. The van der Waals surface area contributed by atoms with Crippen LogP contribution in [0.3, 0.4) is 0 Å². The van der Waals surface area contributed by atoms with E-state index >= 15 is 0 Å². The largest absolute Gasteiger partial charge is 0.379 e. The van der Waals surface area contributed by atoms with Crippen LogP contribution < -0.4 is 5.32 Å². The van der Waals surface area contributed by atoms with E-state index in [0.717, 1.165) is 72.6 Å². The number of rotatable bonds is 8. The second-order valence-corrected chi connectivity index (χ2v) is 9.92. The van der Waals surface area contributed by atoms with Gasteiger partial charge in [-0.15, -0.1) is 0 Å². The van der Waals surface area contributed by atoms with Crippen LogP contribution in [0.1, 0.15) is 18.5 Å². The standard InChI is InChI=1S/C28H32N8O3/c37-26(6-3-12-34-14-16-39-17-15-34)35-13-2-5-25(35)28(38)30-10-7-20-18-22-21(8-11-29-27(22)33-20)23-19-32-36-24(23)4-1-9-31-36/h1,3-4,6,8-9,11,18-19,25H,2,5,7,10,12-17H2,(H,29,33)(H,30,38)/b6-3+. The number of carbonyl (C=O) groups is 2. The Morgan fingerprint density at radius 2 is 2.03 bits per heavy atom. The molecule has 2 aliphatic rings. The topological polar surface area (TPSA) is 121 Å². The zero-order valence-corrected chi connectivity index (χ0v) is 21.8. The van der Waals surface area contributed by atoms with Crippen molar-refractivity contribution in [1.82, 2.24) is 39.9 Å². The van der Waals surface area contributed by atoms with E-state index in [1.54, 1.807) is 28.0 Å². The van der Waals surface area contributed by atoms with E-state index < -0.39 is 6.04 Å². The van der Waals surface area contributed by atoms with Crippen LogP contribution in [0.5, 0.6) is 0 Å². The number of nitrogens with zero attached hydrogens (tertiary/aromatic N) is 6. The molecule has 2 saturated heterocycles. The number of morpholine rings is 1. The highest BCUT2D eigenvalue weighted by atomic mass is 16.5. The van der Waals surface area contributed by atoms with Crippen LogP contribution in [0.2, 0.25) is 0 Å². The van der Waals surface area contributed by atoms with Crippen molar-refractivity contribution < 1.29 is 14.3 Å². The molecule has 2 amide bonds. The molecule has 0 spiro atoms. The molecule has 2 fully saturated rings. The van der Waals surface area contributed by atoms with Crippen LogP contribution >= 0.6 is 0 Å². The number of aromatic nitrogens is 5. The van der Waals surface area contributed by atoms with Gasteiger partial charge in [0.1, 0.15) is 11.7 Å². The number of likely N-dealkylation sites (tertiary alicyclic amines) is 1. The maximum Gasteiger partial charge on any atom is 0.246 e. The second-order valence-electron chi connectivity index (χ2n) is 9.92. The Balaban J connectivity index is 1.06. The summed E-state index contributed by atoms with van der Waals surface area (Å²) in [6.45, 7) is 4.99. The van der Waals surface area contributed by atoms with E-state index in [0.29, 0.717) is 25.9 Å². The summed E-state index contributed by atoms with van der Waals surface area (Å²) in [6, 6.07) is 7.51. The van der Waals surface area contributed by atoms with Crippen molar-refractivity contribution in [3.8, 4) is 11.1 Å². The molecule has 0 saturated carbocycles. The zero-order valence-electron chi connectivity index (χ0n) is 21.8. The van der Waals surface area contributed by atoms with Gasteiger partial charge in [-0.2, -0.15) is 14.8 Å². The Morgan fingerprint density at radius 1 is 1.13 bits per heavy atom. The van der Waals surface area contributed by atoms with E-state index in [9.17, 15) is 9.59 Å². The van der Waals surface area contributed by atoms with Gasteiger partial charge in [-0.3, -0.25) is 14.5 Å². The summed E-state index contributed by atoms with van der Waals surface area (Å²) in [5, 5.41) is 12.6. The molecule has 0 bridgehead atoms. The molecule has 2 N–H and O–H groups in total. The van der Waals surface area contributed by atoms with Crippen molar-refractivity contribution in [2.45, 2.75) is 25.3 Å². The third-order valence-electron chi connectivity index (χ3n) is 7.44. The highest BCUT2D eigenvalue weighted by Gasteiger charge is 2.32. The number of H-pyrrole nitrogens is 1. The molecule has 6 heterocycles. The van der Waals surface area contributed by atoms with E-state index in [1.165, 1.54) is 0 Å². The number of pyridine rings is 1. The number of carbonyl (C=O) groups excluding carboxylic acids is 2. The molecule has 39 heavy (non-hydrogen) atoms. The second kappa shape index (κ2) is 11.3. The minimum Gasteiger partial charge on any atom is -0.379 e. The van der Waals surface area contributed by atoms with Crippen molar-refractivity contribution in [2.75, 3.05) is 45.9 Å². The monoisotopic (exact) mass is 528 g/mol. The lowest BCUT2D eigenvalue weighted by Crippen LogP contribution is -2.46. The summed E-state index contributed by atoms with van der Waals surface area (Å²) < 4.78 is 6.98. The minimum atomic E-state index is -0.425. The molecule has 1 atom stereocenters. The molecule has 0 aromatic carbocycles. The Kier molecular flexibility index (Phi) is 7.33. The maximum atomic E-state index is 13.0. The number of hydrogen-bond acceptors (Lipinski definition) is 7. The summed E-state index contributed by atoms with van der Waals surface area (Å²) in [5.74, 6) is -0.200. The van der Waals surface area contributed by atoms with Crippen LogP contribution in [0, 0.1) is 0 Å². The van der Waals surface area contributed by atoms with Crippen molar-refractivity contribution in [2.24, 2.45) is 0 Å². The summed E-state index contributed by atoms with van der Waals surface area (Å²) in [4.78, 5) is 37.6. The molecule has 4 aromatic rings. The lowest BCUT2D eigenvalue weighted by atomic mass is 10.1. The highest BCUT2D eigenvalue weighted by Crippen LogP contribution is 2.30. The number of amides is 2. The van der Waals surface area contributed by atoms with Gasteiger partial charge in [0, 0.05) is 74.3 Å². The van der Waals surface area contributed by atoms with Crippen LogP contribution in [0.25, 0.3) is 27.7 Å². The average Bonchev–Trinajstić information content (AvgIpc) is 3.71. The summed E-state index contributed by atoms with van der Waals surface area (Å²) in [7, 11) is 0. The van der Waals surface area contributed by atoms with E-state index in [4.69, 9.17) is 4.74 Å². The molecule has 11 nitrogen and oxygen atoms in total. The molecule has 11 heteroatoms. The average molecular weight is 529 g/mol. The molecule has 0 aliphatic carbocycles. The van der Waals surface area contributed by atoms with Gasteiger partial charge >= 0.3 is 0 Å². The molecule has 2 aliphatic heterocycles. The van der Waals surface area contributed by atoms with Crippen molar-refractivity contribution in [1.29, 1.82) is 0 Å². The Labute approximate surface area is 225 Å². The molecule has 6 rings (SSSR count). The minimum absolute atomic E-state index is 0.0991. The van der Waals surface area contributed by atoms with Gasteiger partial charge in [0.25, 0.3) is 0 Å². The van der Waals surface area contributed by atoms with Gasteiger partial charge < -0.3 is 19.9 Å². The Morgan fingerprint density at radius 3 is 2.92 bits per heavy atom. The lowest BCUT2D eigenvalue weighted by molar-refractivity contribution is -0.135. The maximum absolute atomic E-state index is 13.0. The van der Waals surface area contributed by atoms with Gasteiger partial charge in [-0.25, -0.2) is 4.98 Å². The number of ether oxygens (including phenoxy) is 1. The molecule has 1 unspecified atom stereocenters. The van der Waals surface area contributed by atoms with Crippen molar-refractivity contribution in [3.63, 3.8) is 0 Å². The molecular weight excluding hydrogens is 496 g/mol. The van der Waals surface area contributed by atoms with Gasteiger partial charge in [-0.1, -0.05) is 6.08 Å². The van der Waals surface area contributed by atoms with E-state index in [1.807, 2.05) is 30.5 Å². The van der Waals surface area contributed by atoms with Crippen LogP contribution in [0.15, 0.2) is 55.0 Å². The van der Waals surface area contributed by atoms with Crippen LogP contribution in [-0.2, 0) is 20.7 Å². The number of aromatic amines is 1. The van der Waals surface area contributed by atoms with Gasteiger partial charge in [0.2, 0.25) is 11.8 Å². The number of nitrogens with one attached hydrogen (secondary N) is 2. The Bertz CT molecular complexity index is 1500. The van der Waals surface area contributed by atoms with Crippen molar-refractivity contribution in [3.05, 3.63) is 60.7 Å².